The molecule has 0 saturated heterocycles. The summed E-state index contributed by atoms with van der Waals surface area (Å²) in [7, 11) is 1.77. The molecule has 0 spiro atoms. The SMILES string of the molecule is COCCNCC1C(C2CCCC(C)C2)C1(C)C. The summed E-state index contributed by atoms with van der Waals surface area (Å²) in [6.07, 6.45) is 5.87. The van der Waals surface area contributed by atoms with Crippen molar-refractivity contribution in [2.45, 2.75) is 46.5 Å². The van der Waals surface area contributed by atoms with Gasteiger partial charge in [0.1, 0.15) is 0 Å². The molecule has 0 bridgehead atoms. The summed E-state index contributed by atoms with van der Waals surface area (Å²) < 4.78 is 5.09. The second-order valence-electron chi connectivity index (χ2n) is 7.18. The average molecular weight is 253 g/mol. The Kier molecular flexibility index (Phi) is 4.71. The molecule has 2 fully saturated rings. The van der Waals surface area contributed by atoms with Gasteiger partial charge in [0.05, 0.1) is 6.61 Å². The maximum atomic E-state index is 5.09. The van der Waals surface area contributed by atoms with E-state index >= 15 is 0 Å². The third-order valence-electron chi connectivity index (χ3n) is 5.47. The van der Waals surface area contributed by atoms with Crippen molar-refractivity contribution in [1.82, 2.24) is 5.32 Å². The minimum Gasteiger partial charge on any atom is -0.383 e. The molecule has 2 aliphatic carbocycles. The van der Waals surface area contributed by atoms with E-state index < -0.39 is 0 Å². The standard InChI is InChI=1S/C16H31NO/c1-12-6-5-7-13(10-12)15-14(16(15,2)3)11-17-8-9-18-4/h12-15,17H,5-11H2,1-4H3. The highest BCUT2D eigenvalue weighted by atomic mass is 16.5. The lowest BCUT2D eigenvalue weighted by Gasteiger charge is -2.28. The predicted molar refractivity (Wildman–Crippen MR) is 76.6 cm³/mol. The summed E-state index contributed by atoms with van der Waals surface area (Å²) in [5.74, 6) is 3.82. The minimum atomic E-state index is 0.571. The number of nitrogens with one attached hydrogen (secondary N) is 1. The van der Waals surface area contributed by atoms with Crippen LogP contribution in [0.2, 0.25) is 0 Å². The molecule has 18 heavy (non-hydrogen) atoms. The van der Waals surface area contributed by atoms with Crippen LogP contribution in [0, 0.1) is 29.1 Å². The number of rotatable bonds is 6. The van der Waals surface area contributed by atoms with Crippen LogP contribution in [-0.4, -0.2) is 26.8 Å². The van der Waals surface area contributed by atoms with Crippen molar-refractivity contribution in [1.29, 1.82) is 0 Å². The normalized spacial score (nSPS) is 38.7. The quantitative estimate of drug-likeness (QED) is 0.733. The maximum absolute atomic E-state index is 5.09. The zero-order valence-corrected chi connectivity index (χ0v) is 12.7. The highest BCUT2D eigenvalue weighted by molar-refractivity contribution is 5.08. The Morgan fingerprint density at radius 2 is 2.06 bits per heavy atom. The monoisotopic (exact) mass is 253 g/mol. The Balaban J connectivity index is 1.78. The van der Waals surface area contributed by atoms with Crippen molar-refractivity contribution >= 4 is 0 Å². The Labute approximate surface area is 113 Å². The Hall–Kier alpha value is -0.0800. The maximum Gasteiger partial charge on any atom is 0.0587 e. The largest absolute Gasteiger partial charge is 0.383 e. The van der Waals surface area contributed by atoms with Crippen molar-refractivity contribution in [2.24, 2.45) is 29.1 Å². The molecule has 0 radical (unpaired) electrons. The Morgan fingerprint density at radius 3 is 2.72 bits per heavy atom. The van der Waals surface area contributed by atoms with Gasteiger partial charge in [-0.3, -0.25) is 0 Å². The summed E-state index contributed by atoms with van der Waals surface area (Å²) in [5.41, 5.74) is 0.571. The summed E-state index contributed by atoms with van der Waals surface area (Å²) >= 11 is 0. The van der Waals surface area contributed by atoms with Gasteiger partial charge in [-0.1, -0.05) is 40.0 Å². The van der Waals surface area contributed by atoms with E-state index in [4.69, 9.17) is 4.74 Å². The highest BCUT2D eigenvalue weighted by Gasteiger charge is 2.59. The van der Waals surface area contributed by atoms with E-state index in [-0.39, 0.29) is 0 Å². The zero-order valence-electron chi connectivity index (χ0n) is 12.7. The van der Waals surface area contributed by atoms with Gasteiger partial charge in [0.15, 0.2) is 0 Å². The summed E-state index contributed by atoms with van der Waals surface area (Å²) in [5, 5.41) is 3.56. The first-order valence-corrected chi connectivity index (χ1v) is 7.77. The Bertz CT molecular complexity index is 264. The molecule has 0 aliphatic heterocycles. The van der Waals surface area contributed by atoms with E-state index in [1.165, 1.54) is 32.2 Å². The molecule has 2 rings (SSSR count). The lowest BCUT2D eigenvalue weighted by molar-refractivity contribution is 0.198. The zero-order chi connectivity index (χ0) is 13.2. The molecule has 4 atom stereocenters. The molecular weight excluding hydrogens is 222 g/mol. The first-order valence-electron chi connectivity index (χ1n) is 7.77. The van der Waals surface area contributed by atoms with Gasteiger partial charge >= 0.3 is 0 Å². The molecule has 0 aromatic rings. The van der Waals surface area contributed by atoms with Crippen molar-refractivity contribution in [2.75, 3.05) is 26.8 Å². The molecule has 0 aromatic carbocycles. The van der Waals surface area contributed by atoms with E-state index in [9.17, 15) is 0 Å². The third kappa shape index (κ3) is 3.08. The van der Waals surface area contributed by atoms with Crippen molar-refractivity contribution in [3.8, 4) is 0 Å². The molecule has 4 unspecified atom stereocenters. The van der Waals surface area contributed by atoms with Crippen LogP contribution < -0.4 is 5.32 Å². The second-order valence-corrected chi connectivity index (χ2v) is 7.18. The summed E-state index contributed by atoms with van der Waals surface area (Å²) in [4.78, 5) is 0. The topological polar surface area (TPSA) is 21.3 Å². The first-order chi connectivity index (χ1) is 8.57. The van der Waals surface area contributed by atoms with Crippen LogP contribution >= 0.6 is 0 Å². The second kappa shape index (κ2) is 5.92. The van der Waals surface area contributed by atoms with Crippen LogP contribution in [0.25, 0.3) is 0 Å². The van der Waals surface area contributed by atoms with Gasteiger partial charge < -0.3 is 10.1 Å². The van der Waals surface area contributed by atoms with Gasteiger partial charge in [-0.2, -0.15) is 0 Å². The van der Waals surface area contributed by atoms with Gasteiger partial charge in [-0.25, -0.2) is 0 Å². The lowest BCUT2D eigenvalue weighted by Crippen LogP contribution is -2.23. The number of ether oxygens (including phenoxy) is 1. The van der Waals surface area contributed by atoms with Crippen LogP contribution in [0.5, 0.6) is 0 Å². The fraction of sp³-hybridized carbons (Fsp3) is 1.00. The predicted octanol–water partition coefficient (Wildman–Crippen LogP) is 3.32. The van der Waals surface area contributed by atoms with Gasteiger partial charge in [-0.15, -0.1) is 0 Å². The fourth-order valence-corrected chi connectivity index (χ4v) is 4.35. The van der Waals surface area contributed by atoms with E-state index in [1.807, 2.05) is 0 Å². The van der Waals surface area contributed by atoms with Gasteiger partial charge in [0.2, 0.25) is 0 Å². The van der Waals surface area contributed by atoms with Crippen LogP contribution in [0.1, 0.15) is 46.5 Å². The molecule has 1 N–H and O–H groups in total. The molecule has 0 heterocycles. The van der Waals surface area contributed by atoms with E-state index in [0.29, 0.717) is 5.41 Å². The number of hydrogen-bond acceptors (Lipinski definition) is 2. The van der Waals surface area contributed by atoms with Crippen LogP contribution in [0.15, 0.2) is 0 Å². The fourth-order valence-electron chi connectivity index (χ4n) is 4.35. The molecule has 2 heteroatoms. The van der Waals surface area contributed by atoms with Crippen LogP contribution in [0.3, 0.4) is 0 Å². The smallest absolute Gasteiger partial charge is 0.0587 e. The highest BCUT2D eigenvalue weighted by Crippen LogP contribution is 2.63. The molecule has 2 aliphatic rings. The van der Waals surface area contributed by atoms with Gasteiger partial charge in [0, 0.05) is 13.7 Å². The lowest BCUT2D eigenvalue weighted by atomic mass is 9.78. The van der Waals surface area contributed by atoms with E-state index in [1.54, 1.807) is 7.11 Å². The summed E-state index contributed by atoms with van der Waals surface area (Å²) in [6.45, 7) is 10.4. The van der Waals surface area contributed by atoms with Crippen molar-refractivity contribution < 1.29 is 4.74 Å². The number of hydrogen-bond donors (Lipinski definition) is 1. The third-order valence-corrected chi connectivity index (χ3v) is 5.47. The average Bonchev–Trinajstić information content (AvgIpc) is 2.87. The molecule has 0 aromatic heterocycles. The van der Waals surface area contributed by atoms with Crippen molar-refractivity contribution in [3.63, 3.8) is 0 Å². The minimum absolute atomic E-state index is 0.571. The molecule has 2 nitrogen and oxygen atoms in total. The molecule has 106 valence electrons. The van der Waals surface area contributed by atoms with E-state index in [2.05, 4.69) is 26.1 Å². The van der Waals surface area contributed by atoms with Gasteiger partial charge in [0.25, 0.3) is 0 Å². The van der Waals surface area contributed by atoms with Crippen LogP contribution in [0.4, 0.5) is 0 Å². The van der Waals surface area contributed by atoms with Crippen molar-refractivity contribution in [3.05, 3.63) is 0 Å². The molecule has 2 saturated carbocycles. The summed E-state index contributed by atoms with van der Waals surface area (Å²) in [6, 6.07) is 0. The van der Waals surface area contributed by atoms with Gasteiger partial charge in [-0.05, 0) is 42.1 Å². The Morgan fingerprint density at radius 1 is 1.28 bits per heavy atom. The molecular formula is C16H31NO. The molecule has 0 amide bonds. The van der Waals surface area contributed by atoms with E-state index in [0.717, 1.165) is 36.8 Å². The number of methoxy groups -OCH3 is 1. The first kappa shape index (κ1) is 14.3. The van der Waals surface area contributed by atoms with Crippen LogP contribution in [-0.2, 0) is 4.74 Å².